The first-order valence-corrected chi connectivity index (χ1v) is 25.2. The van der Waals surface area contributed by atoms with Crippen molar-refractivity contribution in [3.05, 3.63) is 47.5 Å². The molecule has 4 amide bonds. The van der Waals surface area contributed by atoms with Gasteiger partial charge in [-0.15, -0.1) is 0 Å². The predicted octanol–water partition coefficient (Wildman–Crippen LogP) is 5.44. The third-order valence-corrected chi connectivity index (χ3v) is 23.6. The van der Waals surface area contributed by atoms with Crippen LogP contribution in [0, 0.1) is 0 Å². The van der Waals surface area contributed by atoms with Crippen LogP contribution in [0.15, 0.2) is 36.4 Å². The number of piperazine rings is 2. The lowest BCUT2D eigenvalue weighted by molar-refractivity contribution is -0.153. The Morgan fingerprint density at radius 3 is 1.30 bits per heavy atom. The maximum Gasteiger partial charge on any atom is 0.245 e. The Bertz CT molecular complexity index is 1770. The van der Waals surface area contributed by atoms with Crippen LogP contribution in [0.25, 0.3) is 11.1 Å². The topological polar surface area (TPSA) is 124 Å². The molecule has 2 N–H and O–H groups in total. The fourth-order valence-corrected chi connectivity index (χ4v) is 16.7. The van der Waals surface area contributed by atoms with E-state index in [1.807, 2.05) is 0 Å². The Labute approximate surface area is 321 Å². The summed E-state index contributed by atoms with van der Waals surface area (Å²) in [6, 6.07) is 17.3. The molecule has 290 valence electrons. The highest BCUT2D eigenvalue weighted by Gasteiger charge is 2.66. The van der Waals surface area contributed by atoms with Gasteiger partial charge in [0.25, 0.3) is 0 Å². The van der Waals surface area contributed by atoms with Crippen LogP contribution in [0.4, 0.5) is 11.4 Å². The summed E-state index contributed by atoms with van der Waals surface area (Å²) >= 11 is 0. The van der Waals surface area contributed by atoms with Crippen molar-refractivity contribution in [3.63, 3.8) is 0 Å². The van der Waals surface area contributed by atoms with Crippen molar-refractivity contribution in [1.29, 1.82) is 0 Å². The summed E-state index contributed by atoms with van der Waals surface area (Å²) in [6.07, 6.45) is -0.141. The highest BCUT2D eigenvalue weighted by Crippen LogP contribution is 2.58. The first-order chi connectivity index (χ1) is 25.8. The number of nitrogens with zero attached hydrogens (tertiary/aromatic N) is 4. The van der Waals surface area contributed by atoms with E-state index in [1.165, 1.54) is 0 Å². The van der Waals surface area contributed by atoms with Gasteiger partial charge < -0.3 is 39.1 Å². The normalized spacial score (nSPS) is 29.9. The van der Waals surface area contributed by atoms with Crippen molar-refractivity contribution in [3.8, 4) is 11.1 Å². The van der Waals surface area contributed by atoms with Crippen LogP contribution in [0.1, 0.15) is 65.5 Å². The smallest absolute Gasteiger partial charge is 0.245 e. The molecule has 54 heavy (non-hydrogen) atoms. The quantitative estimate of drug-likeness (QED) is 0.290. The summed E-state index contributed by atoms with van der Waals surface area (Å²) in [4.78, 5) is 61.2. The number of amides is 4. The molecule has 8 rings (SSSR count). The number of hydrogen-bond acceptors (Lipinski definition) is 8. The molecule has 2 unspecified atom stereocenters. The van der Waals surface area contributed by atoms with E-state index in [2.05, 4.69) is 88.6 Å². The van der Waals surface area contributed by atoms with Crippen LogP contribution in [0.5, 0.6) is 0 Å². The number of carbonyl (C=O) groups excluding carboxylic acids is 4. The van der Waals surface area contributed by atoms with Crippen molar-refractivity contribution in [1.82, 2.24) is 19.6 Å². The first kappa shape index (κ1) is 37.2. The molecule has 14 heteroatoms. The number of benzene rings is 2. The Morgan fingerprint density at radius 2 is 0.963 bits per heavy atom. The molecule has 6 aliphatic heterocycles. The SMILES string of the molecule is CC[Si](CC)(CC)OC12C[C@H]3C(=O)N(C)CC(=O)N3[C@H]1Nc1ccc(-c3ccc4c(c3)C3(O[Si](CC)(CC)CC)C[C@H]5C(=O)N(C)CC(=O)N5[C@H]3N4)cc12. The van der Waals surface area contributed by atoms with Gasteiger partial charge >= 0.3 is 0 Å². The Kier molecular flexibility index (Phi) is 8.90. The van der Waals surface area contributed by atoms with E-state index in [9.17, 15) is 19.2 Å². The number of fused-ring (bicyclic) bond motifs is 10. The van der Waals surface area contributed by atoms with Crippen molar-refractivity contribution < 1.29 is 28.0 Å². The third-order valence-electron chi connectivity index (χ3n) is 14.3. The number of likely N-dealkylation sites (N-methyl/N-ethyl adjacent to an activating group) is 2. The number of carbonyl (C=O) groups is 4. The highest BCUT2D eigenvalue weighted by atomic mass is 28.4. The van der Waals surface area contributed by atoms with Crippen LogP contribution in [-0.2, 0) is 39.2 Å². The molecule has 0 bridgehead atoms. The van der Waals surface area contributed by atoms with Crippen LogP contribution in [0.3, 0.4) is 0 Å². The molecule has 0 saturated carbocycles. The minimum absolute atomic E-state index is 0.0453. The minimum atomic E-state index is -2.26. The van der Waals surface area contributed by atoms with E-state index >= 15 is 0 Å². The lowest BCUT2D eigenvalue weighted by atomic mass is 9.86. The summed E-state index contributed by atoms with van der Waals surface area (Å²) in [7, 11) is -1.10. The zero-order valence-corrected chi connectivity index (χ0v) is 35.1. The molecule has 0 aromatic heterocycles. The fraction of sp³-hybridized carbons (Fsp3) is 0.600. The second kappa shape index (κ2) is 12.9. The van der Waals surface area contributed by atoms with Crippen molar-refractivity contribution in [2.75, 3.05) is 37.8 Å². The summed E-state index contributed by atoms with van der Waals surface area (Å²) in [5, 5.41) is 7.34. The van der Waals surface area contributed by atoms with Gasteiger partial charge in [-0.05, 0) is 71.7 Å². The molecule has 0 spiro atoms. The van der Waals surface area contributed by atoms with Crippen molar-refractivity contribution >= 4 is 51.6 Å². The lowest BCUT2D eigenvalue weighted by Gasteiger charge is -2.42. The number of rotatable bonds is 11. The molecular weight excluding hydrogens is 717 g/mol. The standard InChI is InChI=1S/C40H56N6O6Si2/c1-9-53(10-2,11-3)51-39-21-31-35(49)43(7)23-33(47)45(31)37(39)41-29-17-15-25(19-27(29)39)26-16-18-30-28(20-26)40(52-54(12-4,13-5)14-6)22-32-36(50)44(8)24-34(48)46(32)38(40)42-30/h15-20,31-32,37-38,41-42H,9-14,21-24H2,1-8H3/t31-,32-,37+,38+,39?,40?/m0/s1. The van der Waals surface area contributed by atoms with Crippen LogP contribution >= 0.6 is 0 Å². The molecule has 2 aromatic rings. The molecule has 12 nitrogen and oxygen atoms in total. The van der Waals surface area contributed by atoms with Gasteiger partial charge in [-0.25, -0.2) is 0 Å². The monoisotopic (exact) mass is 772 g/mol. The van der Waals surface area contributed by atoms with Crippen LogP contribution in [-0.4, -0.2) is 111 Å². The van der Waals surface area contributed by atoms with Gasteiger partial charge in [-0.3, -0.25) is 19.2 Å². The molecule has 2 aromatic carbocycles. The van der Waals surface area contributed by atoms with E-state index < -0.39 is 52.3 Å². The lowest BCUT2D eigenvalue weighted by Crippen LogP contribution is -2.60. The maximum atomic E-state index is 13.7. The minimum Gasteiger partial charge on any atom is -0.403 e. The van der Waals surface area contributed by atoms with E-state index in [4.69, 9.17) is 8.85 Å². The van der Waals surface area contributed by atoms with Gasteiger partial charge in [0.15, 0.2) is 16.6 Å². The molecule has 4 fully saturated rings. The number of anilines is 2. The van der Waals surface area contributed by atoms with Gasteiger partial charge in [0, 0.05) is 49.4 Å². The molecule has 6 aliphatic rings. The Balaban J connectivity index is 1.25. The van der Waals surface area contributed by atoms with Gasteiger partial charge in [0.2, 0.25) is 23.6 Å². The molecule has 0 aliphatic carbocycles. The van der Waals surface area contributed by atoms with E-state index in [1.54, 1.807) is 33.7 Å². The van der Waals surface area contributed by atoms with Gasteiger partial charge in [0.05, 0.1) is 13.1 Å². The van der Waals surface area contributed by atoms with Crippen LogP contribution in [0.2, 0.25) is 36.3 Å². The van der Waals surface area contributed by atoms with E-state index in [0.29, 0.717) is 12.8 Å². The Morgan fingerprint density at radius 1 is 0.611 bits per heavy atom. The Hall–Kier alpha value is -3.73. The van der Waals surface area contributed by atoms with Crippen molar-refractivity contribution in [2.24, 2.45) is 0 Å². The summed E-state index contributed by atoms with van der Waals surface area (Å²) in [5.74, 6) is -0.224. The summed E-state index contributed by atoms with van der Waals surface area (Å²) < 4.78 is 15.1. The molecule has 6 heterocycles. The number of nitrogens with one attached hydrogen (secondary N) is 2. The zero-order chi connectivity index (χ0) is 38.5. The first-order valence-electron chi connectivity index (χ1n) is 20.1. The maximum absolute atomic E-state index is 13.7. The average Bonchev–Trinajstić information content (AvgIpc) is 3.86. The molecule has 4 saturated heterocycles. The average molecular weight is 773 g/mol. The van der Waals surface area contributed by atoms with Crippen LogP contribution < -0.4 is 10.6 Å². The van der Waals surface area contributed by atoms with Gasteiger partial charge in [-0.2, -0.15) is 0 Å². The second-order valence-electron chi connectivity index (χ2n) is 16.5. The zero-order valence-electron chi connectivity index (χ0n) is 33.1. The molecule has 6 atom stereocenters. The third kappa shape index (κ3) is 5.04. The molecule has 0 radical (unpaired) electrons. The fourth-order valence-electron chi connectivity index (χ4n) is 10.7. The van der Waals surface area contributed by atoms with Gasteiger partial charge in [-0.1, -0.05) is 53.7 Å². The van der Waals surface area contributed by atoms with Crippen molar-refractivity contribution in [2.45, 2.75) is 126 Å². The van der Waals surface area contributed by atoms with E-state index in [0.717, 1.165) is 69.9 Å². The largest absolute Gasteiger partial charge is 0.403 e. The van der Waals surface area contributed by atoms with Gasteiger partial charge in [0.1, 0.15) is 35.6 Å². The summed E-state index contributed by atoms with van der Waals surface area (Å²) in [5.41, 5.74) is 4.07. The van der Waals surface area contributed by atoms with E-state index in [-0.39, 0.29) is 36.7 Å². The highest BCUT2D eigenvalue weighted by molar-refractivity contribution is 6.74. The number of hydrogen-bond donors (Lipinski definition) is 2. The predicted molar refractivity (Wildman–Crippen MR) is 212 cm³/mol. The second-order valence-corrected chi connectivity index (χ2v) is 25.9. The summed E-state index contributed by atoms with van der Waals surface area (Å²) in [6.45, 7) is 13.4. The molecular formula is C40H56N6O6Si2.